The van der Waals surface area contributed by atoms with E-state index in [2.05, 4.69) is 20.9 Å². The Morgan fingerprint density at radius 1 is 1.47 bits per heavy atom. The zero-order chi connectivity index (χ0) is 10.8. The van der Waals surface area contributed by atoms with E-state index in [0.717, 1.165) is 4.47 Å². The first-order valence-electron chi connectivity index (χ1n) is 4.07. The highest BCUT2D eigenvalue weighted by Gasteiger charge is 2.14. The minimum absolute atomic E-state index is 0.0937. The Morgan fingerprint density at radius 2 is 2.27 bits per heavy atom. The van der Waals surface area contributed by atoms with Crippen molar-refractivity contribution in [1.82, 2.24) is 4.98 Å². The number of thiophene rings is 1. The molecule has 2 heterocycles. The summed E-state index contributed by atoms with van der Waals surface area (Å²) in [6, 6.07) is 3.44. The Labute approximate surface area is 104 Å². The number of rotatable bonds is 2. The second-order valence-corrected chi connectivity index (χ2v) is 5.06. The third-order valence-electron chi connectivity index (χ3n) is 1.79. The van der Waals surface area contributed by atoms with Gasteiger partial charge >= 0.3 is 0 Å². The highest BCUT2D eigenvalue weighted by molar-refractivity contribution is 9.10. The molecule has 0 bridgehead atoms. The summed E-state index contributed by atoms with van der Waals surface area (Å²) in [5.74, 6) is -0.0937. The van der Waals surface area contributed by atoms with E-state index < -0.39 is 0 Å². The van der Waals surface area contributed by atoms with Crippen LogP contribution in [0, 0.1) is 0 Å². The number of hydrogen-bond donors (Lipinski definition) is 0. The van der Waals surface area contributed by atoms with E-state index in [1.165, 1.54) is 17.5 Å². The largest absolute Gasteiger partial charge is 0.288 e. The van der Waals surface area contributed by atoms with Crippen LogP contribution in [0.2, 0.25) is 5.02 Å². The van der Waals surface area contributed by atoms with Gasteiger partial charge in [0.25, 0.3) is 0 Å². The van der Waals surface area contributed by atoms with Gasteiger partial charge in [0, 0.05) is 22.4 Å². The van der Waals surface area contributed by atoms with Gasteiger partial charge in [0.1, 0.15) is 0 Å². The molecular formula is C10H5BrClNOS. The summed E-state index contributed by atoms with van der Waals surface area (Å²) in [6.45, 7) is 0. The van der Waals surface area contributed by atoms with Crippen molar-refractivity contribution < 1.29 is 4.79 Å². The molecule has 0 aromatic carbocycles. The Hall–Kier alpha value is -0.710. The van der Waals surface area contributed by atoms with Gasteiger partial charge in [-0.3, -0.25) is 9.78 Å². The lowest BCUT2D eigenvalue weighted by atomic mass is 10.1. The first kappa shape index (κ1) is 10.8. The number of aromatic nitrogens is 1. The van der Waals surface area contributed by atoms with E-state index in [9.17, 15) is 4.79 Å². The van der Waals surface area contributed by atoms with Gasteiger partial charge in [-0.2, -0.15) is 0 Å². The van der Waals surface area contributed by atoms with Crippen molar-refractivity contribution in [2.45, 2.75) is 0 Å². The Kier molecular flexibility index (Phi) is 3.19. The molecule has 15 heavy (non-hydrogen) atoms. The number of nitrogens with zero attached hydrogens (tertiary/aromatic N) is 1. The summed E-state index contributed by atoms with van der Waals surface area (Å²) in [5, 5.41) is 2.28. The second-order valence-electron chi connectivity index (χ2n) is 2.82. The number of hydrogen-bond acceptors (Lipinski definition) is 3. The zero-order valence-corrected chi connectivity index (χ0v) is 10.6. The lowest BCUT2D eigenvalue weighted by Gasteiger charge is -1.98. The fourth-order valence-electron chi connectivity index (χ4n) is 1.12. The quantitative estimate of drug-likeness (QED) is 0.790. The highest BCUT2D eigenvalue weighted by atomic mass is 79.9. The molecule has 0 saturated heterocycles. The van der Waals surface area contributed by atoms with Gasteiger partial charge in [0.15, 0.2) is 0 Å². The van der Waals surface area contributed by atoms with Crippen molar-refractivity contribution >= 4 is 44.7 Å². The molecular weight excluding hydrogens is 298 g/mol. The number of ketones is 1. The van der Waals surface area contributed by atoms with Crippen LogP contribution in [-0.4, -0.2) is 10.8 Å². The molecule has 0 saturated carbocycles. The summed E-state index contributed by atoms with van der Waals surface area (Å²) in [4.78, 5) is 16.4. The first-order chi connectivity index (χ1) is 7.18. The molecule has 76 valence electrons. The monoisotopic (exact) mass is 301 g/mol. The van der Waals surface area contributed by atoms with E-state index in [1.54, 1.807) is 23.7 Å². The van der Waals surface area contributed by atoms with Crippen molar-refractivity contribution in [1.29, 1.82) is 0 Å². The molecule has 2 nitrogen and oxygen atoms in total. The SMILES string of the molecule is O=C(c1cncc(Br)c1)c1sccc1Cl. The van der Waals surface area contributed by atoms with Gasteiger partial charge in [-0.25, -0.2) is 0 Å². The Balaban J connectivity index is 2.41. The van der Waals surface area contributed by atoms with Crippen LogP contribution in [-0.2, 0) is 0 Å². The Morgan fingerprint density at radius 3 is 2.87 bits per heavy atom. The van der Waals surface area contributed by atoms with Crippen molar-refractivity contribution in [3.8, 4) is 0 Å². The molecule has 0 aliphatic heterocycles. The zero-order valence-electron chi connectivity index (χ0n) is 7.41. The maximum atomic E-state index is 11.9. The molecule has 0 fully saturated rings. The van der Waals surface area contributed by atoms with Gasteiger partial charge in [0.2, 0.25) is 5.78 Å². The van der Waals surface area contributed by atoms with Gasteiger partial charge < -0.3 is 0 Å². The number of halogens is 2. The van der Waals surface area contributed by atoms with E-state index in [1.807, 2.05) is 0 Å². The predicted octanol–water partition coefficient (Wildman–Crippen LogP) is 3.79. The Bertz CT molecular complexity index is 512. The molecule has 2 rings (SSSR count). The van der Waals surface area contributed by atoms with Gasteiger partial charge in [0.05, 0.1) is 9.90 Å². The van der Waals surface area contributed by atoms with Gasteiger partial charge in [-0.15, -0.1) is 11.3 Å². The molecule has 0 unspecified atom stereocenters. The summed E-state index contributed by atoms with van der Waals surface area (Å²) in [6.07, 6.45) is 3.16. The molecule has 0 aliphatic carbocycles. The number of carbonyl (C=O) groups excluding carboxylic acids is 1. The third kappa shape index (κ3) is 2.27. The molecule has 2 aromatic heterocycles. The van der Waals surface area contributed by atoms with Crippen LogP contribution in [0.15, 0.2) is 34.4 Å². The summed E-state index contributed by atoms with van der Waals surface area (Å²) in [7, 11) is 0. The summed E-state index contributed by atoms with van der Waals surface area (Å²) in [5.41, 5.74) is 0.536. The maximum absolute atomic E-state index is 11.9. The smallest absolute Gasteiger partial charge is 0.206 e. The third-order valence-corrected chi connectivity index (χ3v) is 3.56. The van der Waals surface area contributed by atoms with Crippen LogP contribution in [0.4, 0.5) is 0 Å². The summed E-state index contributed by atoms with van der Waals surface area (Å²) < 4.78 is 0.779. The van der Waals surface area contributed by atoms with E-state index in [-0.39, 0.29) is 5.78 Å². The molecule has 0 amide bonds. The second kappa shape index (κ2) is 4.43. The number of pyridine rings is 1. The van der Waals surface area contributed by atoms with Crippen LogP contribution >= 0.6 is 38.9 Å². The van der Waals surface area contributed by atoms with Gasteiger partial charge in [-0.1, -0.05) is 11.6 Å². The van der Waals surface area contributed by atoms with E-state index in [0.29, 0.717) is 15.5 Å². The molecule has 0 spiro atoms. The van der Waals surface area contributed by atoms with Crippen LogP contribution in [0.5, 0.6) is 0 Å². The minimum atomic E-state index is -0.0937. The topological polar surface area (TPSA) is 30.0 Å². The molecule has 0 N–H and O–H groups in total. The lowest BCUT2D eigenvalue weighted by molar-refractivity contribution is 0.104. The minimum Gasteiger partial charge on any atom is -0.288 e. The van der Waals surface area contributed by atoms with Crippen molar-refractivity contribution in [2.24, 2.45) is 0 Å². The van der Waals surface area contributed by atoms with Crippen molar-refractivity contribution in [3.05, 3.63) is 49.8 Å². The van der Waals surface area contributed by atoms with Crippen LogP contribution in [0.3, 0.4) is 0 Å². The molecule has 2 aromatic rings. The molecule has 5 heteroatoms. The standard InChI is InChI=1S/C10H5BrClNOS/c11-7-3-6(4-13-5-7)9(14)10-8(12)1-2-15-10/h1-5H. The van der Waals surface area contributed by atoms with Crippen molar-refractivity contribution in [2.75, 3.05) is 0 Å². The average molecular weight is 303 g/mol. The predicted molar refractivity (Wildman–Crippen MR) is 64.7 cm³/mol. The van der Waals surface area contributed by atoms with E-state index in [4.69, 9.17) is 11.6 Å². The molecule has 0 atom stereocenters. The normalized spacial score (nSPS) is 10.3. The summed E-state index contributed by atoms with van der Waals surface area (Å²) >= 11 is 10.5. The van der Waals surface area contributed by atoms with E-state index >= 15 is 0 Å². The van der Waals surface area contributed by atoms with Crippen LogP contribution in [0.1, 0.15) is 15.2 Å². The van der Waals surface area contributed by atoms with Crippen LogP contribution < -0.4 is 0 Å². The molecule has 0 aliphatic rings. The van der Waals surface area contributed by atoms with Crippen molar-refractivity contribution in [3.63, 3.8) is 0 Å². The fraction of sp³-hybridized carbons (Fsp3) is 0. The number of carbonyl (C=O) groups is 1. The fourth-order valence-corrected chi connectivity index (χ4v) is 2.59. The average Bonchev–Trinajstić information content (AvgIpc) is 2.63. The molecule has 0 radical (unpaired) electrons. The lowest BCUT2D eigenvalue weighted by Crippen LogP contribution is -1.99. The van der Waals surface area contributed by atoms with Gasteiger partial charge in [-0.05, 0) is 33.4 Å². The first-order valence-corrected chi connectivity index (χ1v) is 6.12. The van der Waals surface area contributed by atoms with Crippen LogP contribution in [0.25, 0.3) is 0 Å². The highest BCUT2D eigenvalue weighted by Crippen LogP contribution is 2.25. The maximum Gasteiger partial charge on any atom is 0.206 e.